The second kappa shape index (κ2) is 6.28. The Morgan fingerprint density at radius 1 is 1.18 bits per heavy atom. The first kappa shape index (κ1) is 12.7. The van der Waals surface area contributed by atoms with Crippen LogP contribution in [0.1, 0.15) is 22.8 Å². The number of hydrogen-bond donors (Lipinski definition) is 2. The van der Waals surface area contributed by atoms with E-state index in [1.807, 2.05) is 6.07 Å². The van der Waals surface area contributed by atoms with Gasteiger partial charge in [0, 0.05) is 25.6 Å². The second-order valence-corrected chi connectivity index (χ2v) is 3.43. The van der Waals surface area contributed by atoms with Gasteiger partial charge in [-0.2, -0.15) is 5.26 Å². The minimum atomic E-state index is -0.222. The first-order valence-electron chi connectivity index (χ1n) is 5.16. The summed E-state index contributed by atoms with van der Waals surface area (Å²) in [5, 5.41) is 13.8. The Bertz CT molecular complexity index is 446. The van der Waals surface area contributed by atoms with Crippen molar-refractivity contribution in [1.82, 2.24) is 10.6 Å². The molecule has 0 fully saturated rings. The van der Waals surface area contributed by atoms with Crippen LogP contribution in [0, 0.1) is 11.3 Å². The lowest BCUT2D eigenvalue weighted by Gasteiger charge is -2.05. The summed E-state index contributed by atoms with van der Waals surface area (Å²) in [5.41, 5.74) is 1.01. The molecular formula is C12H13N3O2. The minimum absolute atomic E-state index is 0.127. The summed E-state index contributed by atoms with van der Waals surface area (Å²) < 4.78 is 0. The first-order valence-corrected chi connectivity index (χ1v) is 5.16. The van der Waals surface area contributed by atoms with E-state index in [4.69, 9.17) is 5.26 Å². The van der Waals surface area contributed by atoms with Crippen molar-refractivity contribution in [3.05, 3.63) is 35.4 Å². The molecule has 88 valence electrons. The predicted octanol–water partition coefficient (Wildman–Crippen LogP) is 0.424. The Morgan fingerprint density at radius 2 is 1.76 bits per heavy atom. The molecule has 0 aliphatic rings. The number of carbonyl (C=O) groups is 2. The molecule has 2 amide bonds. The van der Waals surface area contributed by atoms with E-state index in [0.29, 0.717) is 24.2 Å². The van der Waals surface area contributed by atoms with Crippen LogP contribution >= 0.6 is 0 Å². The Balaban J connectivity index is 2.42. The van der Waals surface area contributed by atoms with E-state index in [2.05, 4.69) is 10.6 Å². The van der Waals surface area contributed by atoms with Gasteiger partial charge in [-0.1, -0.05) is 0 Å². The third kappa shape index (κ3) is 4.34. The van der Waals surface area contributed by atoms with E-state index < -0.39 is 0 Å². The van der Waals surface area contributed by atoms with Crippen LogP contribution in [0.15, 0.2) is 24.3 Å². The molecule has 0 bridgehead atoms. The monoisotopic (exact) mass is 231 g/mol. The van der Waals surface area contributed by atoms with Crippen molar-refractivity contribution >= 4 is 11.8 Å². The maximum Gasteiger partial charge on any atom is 0.251 e. The molecule has 2 N–H and O–H groups in total. The molecule has 0 heterocycles. The summed E-state index contributed by atoms with van der Waals surface area (Å²) in [6, 6.07) is 8.33. The molecule has 0 radical (unpaired) electrons. The smallest absolute Gasteiger partial charge is 0.251 e. The normalized spacial score (nSPS) is 9.18. The predicted molar refractivity (Wildman–Crippen MR) is 62.2 cm³/mol. The average molecular weight is 231 g/mol. The van der Waals surface area contributed by atoms with Gasteiger partial charge in [0.2, 0.25) is 5.91 Å². The summed E-state index contributed by atoms with van der Waals surface area (Å²) in [6.07, 6.45) is 0. The Labute approximate surface area is 99.4 Å². The highest BCUT2D eigenvalue weighted by Crippen LogP contribution is 2.02. The van der Waals surface area contributed by atoms with E-state index in [-0.39, 0.29) is 11.8 Å². The molecule has 0 aromatic heterocycles. The lowest BCUT2D eigenvalue weighted by atomic mass is 10.1. The SMILES string of the molecule is CC(=O)NCCNC(=O)c1ccc(C#N)cc1. The van der Waals surface area contributed by atoms with Crippen molar-refractivity contribution in [2.24, 2.45) is 0 Å². The summed E-state index contributed by atoms with van der Waals surface area (Å²) in [4.78, 5) is 22.2. The van der Waals surface area contributed by atoms with Crippen molar-refractivity contribution < 1.29 is 9.59 Å². The lowest BCUT2D eigenvalue weighted by Crippen LogP contribution is -2.33. The molecule has 0 aliphatic carbocycles. The molecule has 5 heteroatoms. The zero-order valence-corrected chi connectivity index (χ0v) is 9.49. The Morgan fingerprint density at radius 3 is 2.29 bits per heavy atom. The van der Waals surface area contributed by atoms with Crippen LogP contribution in [0.4, 0.5) is 0 Å². The number of hydrogen-bond acceptors (Lipinski definition) is 3. The molecule has 1 aromatic rings. The quantitative estimate of drug-likeness (QED) is 0.737. The molecule has 5 nitrogen and oxygen atoms in total. The Hall–Kier alpha value is -2.35. The van der Waals surface area contributed by atoms with Gasteiger partial charge in [-0.15, -0.1) is 0 Å². The molecule has 0 atom stereocenters. The minimum Gasteiger partial charge on any atom is -0.355 e. The van der Waals surface area contributed by atoms with Crippen molar-refractivity contribution in [2.45, 2.75) is 6.92 Å². The van der Waals surface area contributed by atoms with Gasteiger partial charge in [-0.05, 0) is 24.3 Å². The molecule has 0 saturated heterocycles. The van der Waals surface area contributed by atoms with E-state index in [1.54, 1.807) is 24.3 Å². The summed E-state index contributed by atoms with van der Waals surface area (Å²) in [6.45, 7) is 2.19. The second-order valence-electron chi connectivity index (χ2n) is 3.43. The number of carbonyl (C=O) groups excluding carboxylic acids is 2. The van der Waals surface area contributed by atoms with Crippen LogP contribution in [-0.4, -0.2) is 24.9 Å². The third-order valence-corrected chi connectivity index (χ3v) is 2.06. The number of amides is 2. The van der Waals surface area contributed by atoms with E-state index >= 15 is 0 Å². The summed E-state index contributed by atoms with van der Waals surface area (Å²) in [5.74, 6) is -0.350. The molecule has 0 aliphatic heterocycles. The molecule has 1 rings (SSSR count). The zero-order valence-electron chi connectivity index (χ0n) is 9.49. The van der Waals surface area contributed by atoms with Gasteiger partial charge in [0.05, 0.1) is 11.6 Å². The third-order valence-electron chi connectivity index (χ3n) is 2.06. The largest absolute Gasteiger partial charge is 0.355 e. The molecule has 0 saturated carbocycles. The Kier molecular flexibility index (Phi) is 4.70. The van der Waals surface area contributed by atoms with Crippen LogP contribution < -0.4 is 10.6 Å². The van der Waals surface area contributed by atoms with E-state index in [9.17, 15) is 9.59 Å². The maximum atomic E-state index is 11.6. The van der Waals surface area contributed by atoms with Gasteiger partial charge in [-0.25, -0.2) is 0 Å². The van der Waals surface area contributed by atoms with Gasteiger partial charge in [-0.3, -0.25) is 9.59 Å². The van der Waals surface area contributed by atoms with Crippen LogP contribution in [-0.2, 0) is 4.79 Å². The maximum absolute atomic E-state index is 11.6. The molecule has 17 heavy (non-hydrogen) atoms. The lowest BCUT2D eigenvalue weighted by molar-refractivity contribution is -0.118. The van der Waals surface area contributed by atoms with Crippen LogP contribution in [0.25, 0.3) is 0 Å². The number of nitriles is 1. The van der Waals surface area contributed by atoms with E-state index in [0.717, 1.165) is 0 Å². The van der Waals surface area contributed by atoms with Gasteiger partial charge < -0.3 is 10.6 Å². The van der Waals surface area contributed by atoms with Crippen molar-refractivity contribution in [2.75, 3.05) is 13.1 Å². The summed E-state index contributed by atoms with van der Waals surface area (Å²) in [7, 11) is 0. The van der Waals surface area contributed by atoms with Gasteiger partial charge in [0.25, 0.3) is 5.91 Å². The van der Waals surface area contributed by atoms with Crippen LogP contribution in [0.2, 0.25) is 0 Å². The fourth-order valence-corrected chi connectivity index (χ4v) is 1.21. The summed E-state index contributed by atoms with van der Waals surface area (Å²) >= 11 is 0. The highest BCUT2D eigenvalue weighted by Gasteiger charge is 2.04. The van der Waals surface area contributed by atoms with Crippen LogP contribution in [0.5, 0.6) is 0 Å². The average Bonchev–Trinajstić information content (AvgIpc) is 2.34. The van der Waals surface area contributed by atoms with Crippen molar-refractivity contribution in [3.63, 3.8) is 0 Å². The fourth-order valence-electron chi connectivity index (χ4n) is 1.21. The van der Waals surface area contributed by atoms with Gasteiger partial charge >= 0.3 is 0 Å². The number of nitrogens with one attached hydrogen (secondary N) is 2. The first-order chi connectivity index (χ1) is 8.13. The molecule has 0 unspecified atom stereocenters. The molecule has 0 spiro atoms. The molecule has 1 aromatic carbocycles. The number of rotatable bonds is 4. The standard InChI is InChI=1S/C12H13N3O2/c1-9(16)14-6-7-15-12(17)11-4-2-10(8-13)3-5-11/h2-5H,6-7H2,1H3,(H,14,16)(H,15,17). The van der Waals surface area contributed by atoms with Crippen molar-refractivity contribution in [1.29, 1.82) is 5.26 Å². The van der Waals surface area contributed by atoms with Gasteiger partial charge in [0.15, 0.2) is 0 Å². The van der Waals surface area contributed by atoms with E-state index in [1.165, 1.54) is 6.92 Å². The molecular weight excluding hydrogens is 218 g/mol. The van der Waals surface area contributed by atoms with Gasteiger partial charge in [0.1, 0.15) is 0 Å². The highest BCUT2D eigenvalue weighted by atomic mass is 16.2. The van der Waals surface area contributed by atoms with Crippen LogP contribution in [0.3, 0.4) is 0 Å². The zero-order chi connectivity index (χ0) is 12.7. The van der Waals surface area contributed by atoms with Crippen molar-refractivity contribution in [3.8, 4) is 6.07 Å². The number of nitrogens with zero attached hydrogens (tertiary/aromatic N) is 1. The topological polar surface area (TPSA) is 82.0 Å². The highest BCUT2D eigenvalue weighted by molar-refractivity contribution is 5.94. The fraction of sp³-hybridized carbons (Fsp3) is 0.250. The number of benzene rings is 1.